The highest BCUT2D eigenvalue weighted by atomic mass is 35.5. The second-order valence-corrected chi connectivity index (χ2v) is 3.01. The van der Waals surface area contributed by atoms with Gasteiger partial charge in [-0.3, -0.25) is 9.59 Å². The molecule has 0 spiro atoms. The summed E-state index contributed by atoms with van der Waals surface area (Å²) in [6.07, 6.45) is 0. The fourth-order valence-corrected chi connectivity index (χ4v) is 1.28. The van der Waals surface area contributed by atoms with Gasteiger partial charge in [-0.25, -0.2) is 0 Å². The second-order valence-electron chi connectivity index (χ2n) is 1.78. The zero-order chi connectivity index (χ0) is 8.27. The number of halogens is 2. The van der Waals surface area contributed by atoms with Gasteiger partial charge >= 0.3 is 0 Å². The van der Waals surface area contributed by atoms with Crippen LogP contribution in [0.5, 0.6) is 0 Å². The number of rotatable bonds is 1. The van der Waals surface area contributed by atoms with Crippen LogP contribution in [0.3, 0.4) is 0 Å². The highest BCUT2D eigenvalue weighted by Crippen LogP contribution is 2.08. The molecule has 0 bridgehead atoms. The monoisotopic (exact) mass is 228 g/mol. The van der Waals surface area contributed by atoms with Crippen molar-refractivity contribution in [3.8, 4) is 0 Å². The second kappa shape index (κ2) is 5.40. The predicted octanol–water partition coefficient (Wildman–Crippen LogP) is 0.393. The topological polar surface area (TPSA) is 58.5 Å². The minimum Gasteiger partial charge on any atom is -0.304 e. The Labute approximate surface area is 84.5 Å². The zero-order valence-electron chi connectivity index (χ0n) is 5.87. The Bertz CT molecular complexity index is 231. The molecule has 0 radical (unpaired) electrons. The average molecular weight is 229 g/mol. The summed E-state index contributed by atoms with van der Waals surface area (Å²) < 4.78 is 0. The van der Waals surface area contributed by atoms with Crippen molar-refractivity contribution in [1.29, 1.82) is 0 Å². The van der Waals surface area contributed by atoms with Gasteiger partial charge in [0.1, 0.15) is 5.88 Å². The number of nitrogens with zero attached hydrogens (tertiary/aromatic N) is 1. The number of amides is 2. The largest absolute Gasteiger partial charge is 0.304 e. The molecule has 0 aromatic carbocycles. The molecule has 0 saturated carbocycles. The van der Waals surface area contributed by atoms with E-state index in [9.17, 15) is 9.59 Å². The average Bonchev–Trinajstić information content (AvgIpc) is 2.35. The first-order valence-corrected chi connectivity index (χ1v) is 4.34. The minimum absolute atomic E-state index is 0. The van der Waals surface area contributed by atoms with Crippen LogP contribution in [0.2, 0.25) is 0 Å². The smallest absolute Gasteiger partial charge is 0.262 e. The van der Waals surface area contributed by atoms with E-state index < -0.39 is 5.91 Å². The van der Waals surface area contributed by atoms with Gasteiger partial charge in [-0.05, 0) is 0 Å². The Morgan fingerprint density at radius 2 is 2.42 bits per heavy atom. The van der Waals surface area contributed by atoms with Crippen LogP contribution in [0.15, 0.2) is 4.99 Å². The van der Waals surface area contributed by atoms with E-state index in [0.717, 1.165) is 0 Å². The molecule has 0 atom stereocenters. The highest BCUT2D eigenvalue weighted by molar-refractivity contribution is 8.15. The normalized spacial score (nSPS) is 18.8. The molecule has 68 valence electrons. The number of thioether (sulfide) groups is 1. The van der Waals surface area contributed by atoms with E-state index in [4.69, 9.17) is 11.6 Å². The van der Waals surface area contributed by atoms with Crippen molar-refractivity contribution in [2.75, 3.05) is 11.6 Å². The SMILES string of the molecule is Cl.O=C(CCl)N=C1NC(=O)CS1. The van der Waals surface area contributed by atoms with Gasteiger partial charge in [0.25, 0.3) is 5.91 Å². The molecule has 0 aromatic rings. The van der Waals surface area contributed by atoms with E-state index in [1.165, 1.54) is 11.8 Å². The van der Waals surface area contributed by atoms with Crippen LogP contribution < -0.4 is 5.32 Å². The van der Waals surface area contributed by atoms with E-state index in [2.05, 4.69) is 10.3 Å². The summed E-state index contributed by atoms with van der Waals surface area (Å²) in [5, 5.41) is 2.76. The summed E-state index contributed by atoms with van der Waals surface area (Å²) in [6.45, 7) is 0. The van der Waals surface area contributed by atoms with Crippen molar-refractivity contribution in [3.63, 3.8) is 0 Å². The molecule has 1 fully saturated rings. The molecule has 7 heteroatoms. The minimum atomic E-state index is -0.434. The van der Waals surface area contributed by atoms with Crippen molar-refractivity contribution in [2.24, 2.45) is 4.99 Å². The Hall–Kier alpha value is -0.260. The fraction of sp³-hybridized carbons (Fsp3) is 0.400. The molecule has 0 unspecified atom stereocenters. The summed E-state index contributed by atoms with van der Waals surface area (Å²) >= 11 is 6.39. The summed E-state index contributed by atoms with van der Waals surface area (Å²) in [5.41, 5.74) is 0. The summed E-state index contributed by atoms with van der Waals surface area (Å²) in [7, 11) is 0. The number of alkyl halides is 1. The van der Waals surface area contributed by atoms with Crippen LogP contribution in [0, 0.1) is 0 Å². The molecule has 1 heterocycles. The summed E-state index contributed by atoms with van der Waals surface area (Å²) in [4.78, 5) is 24.7. The van der Waals surface area contributed by atoms with Gasteiger partial charge in [0, 0.05) is 0 Å². The van der Waals surface area contributed by atoms with Gasteiger partial charge in [-0.15, -0.1) is 24.0 Å². The molecular formula is C5H6Cl2N2O2S. The van der Waals surface area contributed by atoms with Gasteiger partial charge in [0.2, 0.25) is 5.91 Å². The van der Waals surface area contributed by atoms with Gasteiger partial charge in [-0.1, -0.05) is 11.8 Å². The third-order valence-corrected chi connectivity index (χ3v) is 2.03. The quantitative estimate of drug-likeness (QED) is 0.662. The number of nitrogens with one attached hydrogen (secondary N) is 1. The van der Waals surface area contributed by atoms with E-state index >= 15 is 0 Å². The van der Waals surface area contributed by atoms with Crippen LogP contribution in [0.4, 0.5) is 0 Å². The first kappa shape index (κ1) is 11.7. The summed E-state index contributed by atoms with van der Waals surface area (Å²) in [5.74, 6) is -0.388. The lowest BCUT2D eigenvalue weighted by molar-refractivity contribution is -0.116. The molecule has 1 aliphatic heterocycles. The van der Waals surface area contributed by atoms with Gasteiger partial charge in [-0.2, -0.15) is 4.99 Å². The van der Waals surface area contributed by atoms with Crippen LogP contribution in [0.1, 0.15) is 0 Å². The maximum absolute atomic E-state index is 10.6. The number of carbonyl (C=O) groups is 2. The molecule has 0 aliphatic carbocycles. The van der Waals surface area contributed by atoms with E-state index in [0.29, 0.717) is 10.9 Å². The fourth-order valence-electron chi connectivity index (χ4n) is 0.529. The summed E-state index contributed by atoms with van der Waals surface area (Å²) in [6, 6.07) is 0. The Balaban J connectivity index is 0.00000121. The number of hydrogen-bond donors (Lipinski definition) is 1. The first-order chi connectivity index (χ1) is 5.22. The third kappa shape index (κ3) is 3.42. The van der Waals surface area contributed by atoms with Gasteiger partial charge < -0.3 is 5.32 Å². The van der Waals surface area contributed by atoms with Crippen molar-refractivity contribution in [1.82, 2.24) is 5.32 Å². The molecular weight excluding hydrogens is 223 g/mol. The molecule has 0 aromatic heterocycles. The number of carbonyl (C=O) groups excluding carboxylic acids is 2. The molecule has 4 nitrogen and oxygen atoms in total. The molecule has 1 rings (SSSR count). The van der Waals surface area contributed by atoms with Crippen LogP contribution in [-0.4, -0.2) is 28.6 Å². The van der Waals surface area contributed by atoms with Gasteiger partial charge in [0.15, 0.2) is 5.17 Å². The lowest BCUT2D eigenvalue weighted by atomic mass is 10.7. The highest BCUT2D eigenvalue weighted by Gasteiger charge is 2.16. The lowest BCUT2D eigenvalue weighted by Gasteiger charge is -1.90. The number of amidine groups is 1. The molecule has 1 aliphatic rings. The van der Waals surface area contributed by atoms with Gasteiger partial charge in [0.05, 0.1) is 5.75 Å². The van der Waals surface area contributed by atoms with Crippen molar-refractivity contribution in [3.05, 3.63) is 0 Å². The van der Waals surface area contributed by atoms with Crippen LogP contribution >= 0.6 is 35.8 Å². The van der Waals surface area contributed by atoms with Crippen molar-refractivity contribution >= 4 is 52.8 Å². The standard InChI is InChI=1S/C5H5ClN2O2S.ClH/c6-1-3(9)7-5-8-4(10)2-11-5;/h1-2H2,(H,7,8,9,10);1H. The maximum Gasteiger partial charge on any atom is 0.262 e. The van der Waals surface area contributed by atoms with E-state index in [-0.39, 0.29) is 24.2 Å². The third-order valence-electron chi connectivity index (χ3n) is 0.927. The Morgan fingerprint density at radius 1 is 1.75 bits per heavy atom. The van der Waals surface area contributed by atoms with Crippen LogP contribution in [-0.2, 0) is 9.59 Å². The van der Waals surface area contributed by atoms with E-state index in [1.54, 1.807) is 0 Å². The maximum atomic E-state index is 10.6. The molecule has 1 N–H and O–H groups in total. The molecule has 2 amide bonds. The lowest BCUT2D eigenvalue weighted by Crippen LogP contribution is -2.21. The number of hydrogen-bond acceptors (Lipinski definition) is 3. The Morgan fingerprint density at radius 3 is 2.83 bits per heavy atom. The Kier molecular flexibility index (Phi) is 5.28. The van der Waals surface area contributed by atoms with Crippen molar-refractivity contribution < 1.29 is 9.59 Å². The number of aliphatic imine (C=N–C) groups is 1. The molecule has 12 heavy (non-hydrogen) atoms. The van der Waals surface area contributed by atoms with Crippen LogP contribution in [0.25, 0.3) is 0 Å². The predicted molar refractivity (Wildman–Crippen MR) is 51.0 cm³/mol. The first-order valence-electron chi connectivity index (χ1n) is 2.82. The van der Waals surface area contributed by atoms with Crippen molar-refractivity contribution in [2.45, 2.75) is 0 Å². The zero-order valence-corrected chi connectivity index (χ0v) is 8.26. The molecule has 1 saturated heterocycles. The van der Waals surface area contributed by atoms with E-state index in [1.807, 2.05) is 0 Å².